The molecule has 0 spiro atoms. The minimum atomic E-state index is 0.899. The first-order chi connectivity index (χ1) is 9.72. The summed E-state index contributed by atoms with van der Waals surface area (Å²) in [7, 11) is 0. The summed E-state index contributed by atoms with van der Waals surface area (Å²) in [6.45, 7) is 10.0. The molecule has 0 radical (unpaired) electrons. The van der Waals surface area contributed by atoms with Crippen molar-refractivity contribution in [3.05, 3.63) is 33.8 Å². The van der Waals surface area contributed by atoms with Gasteiger partial charge in [-0.05, 0) is 49.0 Å². The first-order valence-electron chi connectivity index (χ1n) is 7.93. The predicted octanol–water partition coefficient (Wildman–Crippen LogP) is 4.18. The van der Waals surface area contributed by atoms with Crippen LogP contribution in [0.5, 0.6) is 0 Å². The van der Waals surface area contributed by atoms with E-state index in [2.05, 4.69) is 58.2 Å². The second kappa shape index (κ2) is 8.16. The van der Waals surface area contributed by atoms with Crippen LogP contribution in [-0.2, 0) is 13.1 Å². The van der Waals surface area contributed by atoms with E-state index in [4.69, 9.17) is 0 Å². The van der Waals surface area contributed by atoms with Gasteiger partial charge in [-0.15, -0.1) is 0 Å². The average molecular weight is 339 g/mol. The van der Waals surface area contributed by atoms with Gasteiger partial charge in [0.05, 0.1) is 0 Å². The van der Waals surface area contributed by atoms with Gasteiger partial charge in [-0.3, -0.25) is 4.90 Å². The average Bonchev–Trinajstić information content (AvgIpc) is 2.48. The second-order valence-electron chi connectivity index (χ2n) is 5.86. The fourth-order valence-corrected chi connectivity index (χ4v) is 3.52. The number of nitrogens with one attached hydrogen (secondary N) is 1. The third-order valence-corrected chi connectivity index (χ3v) is 5.01. The predicted molar refractivity (Wildman–Crippen MR) is 89.8 cm³/mol. The molecule has 1 unspecified atom stereocenters. The van der Waals surface area contributed by atoms with E-state index < -0.39 is 0 Å². The maximum absolute atomic E-state index is 3.74. The number of rotatable bonds is 6. The number of hydrogen-bond acceptors (Lipinski definition) is 2. The quantitative estimate of drug-likeness (QED) is 0.836. The Hall–Kier alpha value is -0.380. The van der Waals surface area contributed by atoms with E-state index in [1.54, 1.807) is 0 Å². The fraction of sp³-hybridized carbons (Fsp3) is 0.647. The van der Waals surface area contributed by atoms with Crippen LogP contribution in [0.1, 0.15) is 44.2 Å². The van der Waals surface area contributed by atoms with Gasteiger partial charge < -0.3 is 5.32 Å². The lowest BCUT2D eigenvalue weighted by molar-refractivity contribution is 0.164. The smallest absolute Gasteiger partial charge is 0.0245 e. The van der Waals surface area contributed by atoms with Crippen LogP contribution >= 0.6 is 15.9 Å². The molecule has 3 heteroatoms. The minimum Gasteiger partial charge on any atom is -0.313 e. The third kappa shape index (κ3) is 4.57. The Bertz CT molecular complexity index is 419. The normalized spacial score (nSPS) is 20.2. The molecular weight excluding hydrogens is 312 g/mol. The number of hydrogen-bond donors (Lipinski definition) is 1. The Labute approximate surface area is 132 Å². The molecule has 0 aliphatic carbocycles. The van der Waals surface area contributed by atoms with Gasteiger partial charge in [0.1, 0.15) is 0 Å². The minimum absolute atomic E-state index is 0.899. The molecule has 2 nitrogen and oxygen atoms in total. The summed E-state index contributed by atoms with van der Waals surface area (Å²) in [4.78, 5) is 2.61. The molecule has 0 bridgehead atoms. The van der Waals surface area contributed by atoms with Crippen molar-refractivity contribution >= 4 is 15.9 Å². The van der Waals surface area contributed by atoms with E-state index in [9.17, 15) is 0 Å². The molecule has 1 saturated heterocycles. The molecule has 2 rings (SSSR count). The number of halogens is 1. The molecule has 1 heterocycles. The second-order valence-corrected chi connectivity index (χ2v) is 6.71. The summed E-state index contributed by atoms with van der Waals surface area (Å²) in [5.41, 5.74) is 2.77. The highest BCUT2D eigenvalue weighted by Gasteiger charge is 2.19. The molecule has 1 atom stereocenters. The van der Waals surface area contributed by atoms with Gasteiger partial charge in [-0.2, -0.15) is 0 Å². The number of piperidine rings is 1. The van der Waals surface area contributed by atoms with Crippen LogP contribution in [0.3, 0.4) is 0 Å². The molecule has 112 valence electrons. The highest BCUT2D eigenvalue weighted by molar-refractivity contribution is 9.10. The zero-order valence-electron chi connectivity index (χ0n) is 12.8. The fourth-order valence-electron chi connectivity index (χ4n) is 2.97. The van der Waals surface area contributed by atoms with Crippen LogP contribution in [0.2, 0.25) is 0 Å². The Morgan fingerprint density at radius 2 is 2.20 bits per heavy atom. The molecule has 0 saturated carbocycles. The molecule has 1 aromatic carbocycles. The van der Waals surface area contributed by atoms with Crippen molar-refractivity contribution in [2.45, 2.75) is 46.2 Å². The molecule has 0 amide bonds. The molecule has 1 aliphatic heterocycles. The summed E-state index contributed by atoms with van der Waals surface area (Å²) in [6, 6.07) is 6.80. The van der Waals surface area contributed by atoms with Crippen molar-refractivity contribution in [1.29, 1.82) is 0 Å². The van der Waals surface area contributed by atoms with Gasteiger partial charge in [0.25, 0.3) is 0 Å². The van der Waals surface area contributed by atoms with Crippen LogP contribution in [0.15, 0.2) is 22.7 Å². The molecule has 1 N–H and O–H groups in total. The van der Waals surface area contributed by atoms with Crippen LogP contribution in [0, 0.1) is 5.92 Å². The molecule has 1 fully saturated rings. The lowest BCUT2D eigenvalue weighted by Gasteiger charge is -2.32. The number of benzene rings is 1. The zero-order chi connectivity index (χ0) is 14.4. The van der Waals surface area contributed by atoms with Gasteiger partial charge in [0.2, 0.25) is 0 Å². The van der Waals surface area contributed by atoms with E-state index in [1.165, 1.54) is 48.0 Å². The zero-order valence-corrected chi connectivity index (χ0v) is 14.4. The molecular formula is C17H27BrN2. The summed E-state index contributed by atoms with van der Waals surface area (Å²) in [6.07, 6.45) is 4.09. The lowest BCUT2D eigenvalue weighted by Crippen LogP contribution is -2.34. The summed E-state index contributed by atoms with van der Waals surface area (Å²) in [5, 5.41) is 3.37. The van der Waals surface area contributed by atoms with Gasteiger partial charge >= 0.3 is 0 Å². The summed E-state index contributed by atoms with van der Waals surface area (Å²) >= 11 is 3.74. The molecule has 1 aromatic rings. The Balaban J connectivity index is 1.95. The monoisotopic (exact) mass is 338 g/mol. The van der Waals surface area contributed by atoms with Gasteiger partial charge in [0.15, 0.2) is 0 Å². The van der Waals surface area contributed by atoms with Crippen molar-refractivity contribution in [2.75, 3.05) is 19.6 Å². The van der Waals surface area contributed by atoms with E-state index in [1.807, 2.05) is 0 Å². The standard InChI is InChI=1S/C17H27BrN2/c1-3-14-6-5-9-20(12-14)13-16-8-7-15(10-17(16)18)11-19-4-2/h7-8,10,14,19H,3-6,9,11-13H2,1-2H3. The van der Waals surface area contributed by atoms with Crippen molar-refractivity contribution in [1.82, 2.24) is 10.2 Å². The van der Waals surface area contributed by atoms with Crippen LogP contribution in [0.4, 0.5) is 0 Å². The molecule has 20 heavy (non-hydrogen) atoms. The Kier molecular flexibility index (Phi) is 6.53. The summed E-state index contributed by atoms with van der Waals surface area (Å²) in [5.74, 6) is 0.899. The molecule has 1 aliphatic rings. The highest BCUT2D eigenvalue weighted by atomic mass is 79.9. The molecule has 0 aromatic heterocycles. The first kappa shape index (κ1) is 16.0. The topological polar surface area (TPSA) is 15.3 Å². The van der Waals surface area contributed by atoms with Crippen LogP contribution in [-0.4, -0.2) is 24.5 Å². The first-order valence-corrected chi connectivity index (χ1v) is 8.72. The van der Waals surface area contributed by atoms with Crippen LogP contribution < -0.4 is 5.32 Å². The Morgan fingerprint density at radius 3 is 2.90 bits per heavy atom. The highest BCUT2D eigenvalue weighted by Crippen LogP contribution is 2.24. The third-order valence-electron chi connectivity index (χ3n) is 4.27. The van der Waals surface area contributed by atoms with E-state index in [0.29, 0.717) is 0 Å². The van der Waals surface area contributed by atoms with Crippen LogP contribution in [0.25, 0.3) is 0 Å². The maximum atomic E-state index is 3.74. The van der Waals surface area contributed by atoms with E-state index in [-0.39, 0.29) is 0 Å². The van der Waals surface area contributed by atoms with Gasteiger partial charge in [-0.25, -0.2) is 0 Å². The SMILES string of the molecule is CCNCc1ccc(CN2CCCC(CC)C2)c(Br)c1. The van der Waals surface area contributed by atoms with Crippen molar-refractivity contribution in [3.8, 4) is 0 Å². The van der Waals surface area contributed by atoms with E-state index in [0.717, 1.165) is 25.6 Å². The largest absolute Gasteiger partial charge is 0.313 e. The Morgan fingerprint density at radius 1 is 1.35 bits per heavy atom. The number of nitrogens with zero attached hydrogens (tertiary/aromatic N) is 1. The van der Waals surface area contributed by atoms with Crippen molar-refractivity contribution in [3.63, 3.8) is 0 Å². The van der Waals surface area contributed by atoms with Crippen molar-refractivity contribution in [2.24, 2.45) is 5.92 Å². The van der Waals surface area contributed by atoms with E-state index >= 15 is 0 Å². The maximum Gasteiger partial charge on any atom is 0.0245 e. The number of likely N-dealkylation sites (tertiary alicyclic amines) is 1. The summed E-state index contributed by atoms with van der Waals surface area (Å²) < 4.78 is 1.26. The van der Waals surface area contributed by atoms with Gasteiger partial charge in [0, 0.05) is 24.1 Å². The lowest BCUT2D eigenvalue weighted by atomic mass is 9.95. The van der Waals surface area contributed by atoms with Gasteiger partial charge in [-0.1, -0.05) is 48.3 Å². The van der Waals surface area contributed by atoms with Crippen molar-refractivity contribution < 1.29 is 0 Å².